The van der Waals surface area contributed by atoms with Crippen LogP contribution in [0.5, 0.6) is 0 Å². The number of piperazine rings is 1. The van der Waals surface area contributed by atoms with Gasteiger partial charge in [-0.1, -0.05) is 46.8 Å². The molecule has 0 aliphatic carbocycles. The Morgan fingerprint density at radius 2 is 1.85 bits per heavy atom. The topological polar surface area (TPSA) is 122 Å². The molecule has 12 nitrogen and oxygen atoms in total. The summed E-state index contributed by atoms with van der Waals surface area (Å²) in [6, 6.07) is 2.95. The van der Waals surface area contributed by atoms with Crippen LogP contribution in [0.2, 0.25) is 25.7 Å². The minimum Gasteiger partial charge on any atom is -0.365 e. The number of aromatic nitrogens is 5. The number of fused-ring (bicyclic) bond motifs is 1. The summed E-state index contributed by atoms with van der Waals surface area (Å²) >= 11 is 0. The number of likely N-dealkylation sites (N-methyl/N-ethyl adjacent to an activating group) is 1. The minimum absolute atomic E-state index is 0.107. The highest BCUT2D eigenvalue weighted by Gasteiger charge is 2.34. The Hall–Kier alpha value is -2.65. The van der Waals surface area contributed by atoms with E-state index in [9.17, 15) is 8.42 Å². The van der Waals surface area contributed by atoms with Gasteiger partial charge in [0.1, 0.15) is 18.1 Å². The molecule has 0 bridgehead atoms. The molecule has 3 atom stereocenters. The van der Waals surface area contributed by atoms with E-state index in [1.54, 1.807) is 10.5 Å². The standard InChI is InChI=1S/C32H53N9O3SSi/c1-8-24(2)22-45(42,43)41-20-25(3)17-26(21-41)35-30-27(18-34-32(37-30)39-13-11-38(4)12-14-39)29-19-33-28-9-10-40(31(28)36-29)23-44-15-16-46(5,6)7/h9-10,18-19,24-26H,8,11-17,20-23H2,1-7H3,(H,34,35,37)/t24?,25-,26-/m0/s1. The van der Waals surface area contributed by atoms with Crippen LogP contribution in [-0.4, -0.2) is 115 Å². The Labute approximate surface area is 276 Å². The normalized spacial score (nSPS) is 21.2. The SMILES string of the molecule is CCC(C)CS(=O)(=O)N1C[C@@H](C)C[C@H](Nc2nc(N3CCN(C)CC3)ncc2-c2cnc3ccn(COCC[Si](C)(C)C)c3n2)C1. The summed E-state index contributed by atoms with van der Waals surface area (Å²) in [6.45, 7) is 18.8. The van der Waals surface area contributed by atoms with E-state index >= 15 is 0 Å². The van der Waals surface area contributed by atoms with E-state index in [4.69, 9.17) is 24.7 Å². The van der Waals surface area contributed by atoms with Crippen molar-refractivity contribution < 1.29 is 13.2 Å². The second-order valence-corrected chi connectivity index (χ2v) is 22.2. The minimum atomic E-state index is -3.37. The Morgan fingerprint density at radius 1 is 1.09 bits per heavy atom. The van der Waals surface area contributed by atoms with Crippen LogP contribution in [0.15, 0.2) is 24.7 Å². The van der Waals surface area contributed by atoms with Crippen molar-refractivity contribution in [2.75, 3.05) is 68.9 Å². The predicted molar refractivity (Wildman–Crippen MR) is 188 cm³/mol. The van der Waals surface area contributed by atoms with Gasteiger partial charge in [-0.2, -0.15) is 9.29 Å². The first-order valence-electron chi connectivity index (χ1n) is 16.8. The van der Waals surface area contributed by atoms with Gasteiger partial charge in [0.25, 0.3) is 0 Å². The first kappa shape index (κ1) is 34.7. The van der Waals surface area contributed by atoms with Gasteiger partial charge in [0.05, 0.1) is 23.2 Å². The molecule has 5 rings (SSSR count). The molecular formula is C32H53N9O3SSi. The Kier molecular flexibility index (Phi) is 11.0. The fraction of sp³-hybridized carbons (Fsp3) is 0.688. The number of ether oxygens (including phenoxy) is 1. The van der Waals surface area contributed by atoms with Gasteiger partial charge in [-0.25, -0.2) is 18.4 Å². The molecule has 3 aromatic heterocycles. The molecule has 3 aromatic rings. The number of piperidine rings is 1. The van der Waals surface area contributed by atoms with E-state index in [1.807, 2.05) is 36.9 Å². The van der Waals surface area contributed by atoms with Crippen molar-refractivity contribution in [2.45, 2.75) is 72.1 Å². The lowest BCUT2D eigenvalue weighted by molar-refractivity contribution is 0.0899. The van der Waals surface area contributed by atoms with E-state index in [2.05, 4.69) is 48.7 Å². The zero-order chi connectivity index (χ0) is 33.1. The van der Waals surface area contributed by atoms with Gasteiger partial charge in [-0.3, -0.25) is 4.98 Å². The van der Waals surface area contributed by atoms with E-state index < -0.39 is 18.1 Å². The lowest BCUT2D eigenvalue weighted by atomic mass is 9.97. The fourth-order valence-corrected chi connectivity index (χ4v) is 8.77. The maximum absolute atomic E-state index is 13.4. The molecule has 0 aromatic carbocycles. The highest BCUT2D eigenvalue weighted by molar-refractivity contribution is 7.89. The molecule has 2 aliphatic rings. The third-order valence-electron chi connectivity index (χ3n) is 9.08. The summed E-state index contributed by atoms with van der Waals surface area (Å²) in [4.78, 5) is 24.1. The molecule has 46 heavy (non-hydrogen) atoms. The third kappa shape index (κ3) is 8.82. The summed E-state index contributed by atoms with van der Waals surface area (Å²) in [5, 5.41) is 3.66. The predicted octanol–water partition coefficient (Wildman–Crippen LogP) is 4.45. The smallest absolute Gasteiger partial charge is 0.227 e. The number of anilines is 2. The van der Waals surface area contributed by atoms with Crippen LogP contribution in [0, 0.1) is 11.8 Å². The van der Waals surface area contributed by atoms with Crippen LogP contribution < -0.4 is 10.2 Å². The summed E-state index contributed by atoms with van der Waals surface area (Å²) in [5.74, 6) is 1.82. The molecule has 14 heteroatoms. The third-order valence-corrected chi connectivity index (χ3v) is 12.9. The highest BCUT2D eigenvalue weighted by Crippen LogP contribution is 2.31. The zero-order valence-electron chi connectivity index (χ0n) is 28.7. The lowest BCUT2D eigenvalue weighted by Crippen LogP contribution is -2.49. The molecule has 0 spiro atoms. The van der Waals surface area contributed by atoms with Crippen molar-refractivity contribution in [1.82, 2.24) is 33.7 Å². The molecule has 0 radical (unpaired) electrons. The van der Waals surface area contributed by atoms with Gasteiger partial charge in [0.2, 0.25) is 16.0 Å². The van der Waals surface area contributed by atoms with Crippen molar-refractivity contribution >= 4 is 41.0 Å². The van der Waals surface area contributed by atoms with Crippen molar-refractivity contribution in [3.8, 4) is 11.3 Å². The van der Waals surface area contributed by atoms with Crippen molar-refractivity contribution in [2.24, 2.45) is 11.8 Å². The second-order valence-electron chi connectivity index (χ2n) is 14.6. The van der Waals surface area contributed by atoms with E-state index in [-0.39, 0.29) is 23.6 Å². The Morgan fingerprint density at radius 3 is 2.57 bits per heavy atom. The number of hydrogen-bond acceptors (Lipinski definition) is 10. The summed E-state index contributed by atoms with van der Waals surface area (Å²) < 4.78 is 36.5. The zero-order valence-corrected chi connectivity index (χ0v) is 30.6. The number of rotatable bonds is 13. The number of hydrogen-bond donors (Lipinski definition) is 1. The largest absolute Gasteiger partial charge is 0.365 e. The molecule has 1 N–H and O–H groups in total. The van der Waals surface area contributed by atoms with Gasteiger partial charge in [0, 0.05) is 72.4 Å². The molecule has 2 fully saturated rings. The van der Waals surface area contributed by atoms with Gasteiger partial charge in [-0.15, -0.1) is 0 Å². The first-order chi connectivity index (χ1) is 21.8. The lowest BCUT2D eigenvalue weighted by Gasteiger charge is -2.37. The quantitative estimate of drug-likeness (QED) is 0.206. The van der Waals surface area contributed by atoms with Gasteiger partial charge in [0.15, 0.2) is 5.65 Å². The maximum atomic E-state index is 13.4. The maximum Gasteiger partial charge on any atom is 0.227 e. The van der Waals surface area contributed by atoms with Crippen molar-refractivity contribution in [3.63, 3.8) is 0 Å². The number of nitrogens with one attached hydrogen (secondary N) is 1. The monoisotopic (exact) mass is 671 g/mol. The van der Waals surface area contributed by atoms with Crippen molar-refractivity contribution in [1.29, 1.82) is 0 Å². The summed E-state index contributed by atoms with van der Waals surface area (Å²) in [7, 11) is -2.43. The number of nitrogens with zero attached hydrogens (tertiary/aromatic N) is 8. The molecule has 0 saturated carbocycles. The van der Waals surface area contributed by atoms with Gasteiger partial charge in [-0.05, 0) is 37.4 Å². The molecule has 254 valence electrons. The molecule has 5 heterocycles. The second kappa shape index (κ2) is 14.6. The van der Waals surface area contributed by atoms with Crippen LogP contribution in [0.1, 0.15) is 33.6 Å². The molecule has 1 unspecified atom stereocenters. The van der Waals surface area contributed by atoms with Crippen LogP contribution in [0.3, 0.4) is 0 Å². The van der Waals surface area contributed by atoms with E-state index in [0.717, 1.165) is 68.4 Å². The summed E-state index contributed by atoms with van der Waals surface area (Å²) in [6.07, 6.45) is 7.24. The molecule has 2 saturated heterocycles. The summed E-state index contributed by atoms with van der Waals surface area (Å²) in [5.41, 5.74) is 2.94. The first-order valence-corrected chi connectivity index (χ1v) is 22.1. The van der Waals surface area contributed by atoms with E-state index in [0.29, 0.717) is 37.3 Å². The van der Waals surface area contributed by atoms with E-state index in [1.165, 1.54) is 0 Å². The van der Waals surface area contributed by atoms with Crippen LogP contribution in [-0.2, 0) is 21.5 Å². The fourth-order valence-electron chi connectivity index (χ4n) is 5.96. The Bertz CT molecular complexity index is 1570. The molecule has 2 aliphatic heterocycles. The van der Waals surface area contributed by atoms with Gasteiger partial charge >= 0.3 is 0 Å². The Balaban J connectivity index is 1.44. The van der Waals surface area contributed by atoms with Crippen LogP contribution in [0.25, 0.3) is 22.4 Å². The van der Waals surface area contributed by atoms with Crippen LogP contribution >= 0.6 is 0 Å². The molecule has 0 amide bonds. The average molecular weight is 672 g/mol. The van der Waals surface area contributed by atoms with Gasteiger partial charge < -0.3 is 24.4 Å². The average Bonchev–Trinajstić information content (AvgIpc) is 3.41. The van der Waals surface area contributed by atoms with Crippen LogP contribution in [0.4, 0.5) is 11.8 Å². The molecular weight excluding hydrogens is 619 g/mol. The highest BCUT2D eigenvalue weighted by atomic mass is 32.2. The number of sulfonamides is 1. The van der Waals surface area contributed by atoms with Crippen molar-refractivity contribution in [3.05, 3.63) is 24.7 Å².